The number of carbonyl (C=O) groups is 2. The van der Waals surface area contributed by atoms with Gasteiger partial charge in [-0.2, -0.15) is 0 Å². The fourth-order valence-corrected chi connectivity index (χ4v) is 1.99. The normalized spacial score (nSPS) is 13.7. The highest BCUT2D eigenvalue weighted by atomic mass is 16.5. The van der Waals surface area contributed by atoms with Crippen molar-refractivity contribution in [3.8, 4) is 0 Å². The van der Waals surface area contributed by atoms with Crippen LogP contribution in [-0.4, -0.2) is 38.6 Å². The van der Waals surface area contributed by atoms with Crippen LogP contribution in [0.25, 0.3) is 0 Å². The predicted octanol–water partition coefficient (Wildman–Crippen LogP) is 1.52. The molecule has 6 nitrogen and oxygen atoms in total. The van der Waals surface area contributed by atoms with Gasteiger partial charge in [-0.05, 0) is 37.5 Å². The van der Waals surface area contributed by atoms with Crippen molar-refractivity contribution in [3.63, 3.8) is 0 Å². The Bertz CT molecular complexity index is 541. The first-order valence-electron chi connectivity index (χ1n) is 7.51. The second kappa shape index (κ2) is 7.91. The molecule has 0 unspecified atom stereocenters. The number of hydrogen-bond donors (Lipinski definition) is 3. The second-order valence-corrected chi connectivity index (χ2v) is 5.51. The maximum Gasteiger partial charge on any atom is 0.238 e. The summed E-state index contributed by atoms with van der Waals surface area (Å²) < 4.78 is 4.90. The molecule has 3 N–H and O–H groups in total. The largest absolute Gasteiger partial charge is 0.383 e. The van der Waals surface area contributed by atoms with Crippen molar-refractivity contribution in [1.29, 1.82) is 0 Å². The number of rotatable bonds is 8. The number of ether oxygens (including phenoxy) is 1. The molecule has 2 rings (SSSR count). The first-order chi connectivity index (χ1) is 10.6. The van der Waals surface area contributed by atoms with Gasteiger partial charge in [0.25, 0.3) is 0 Å². The Balaban J connectivity index is 1.88. The van der Waals surface area contributed by atoms with Crippen molar-refractivity contribution in [2.24, 2.45) is 5.92 Å². The Morgan fingerprint density at radius 1 is 1.27 bits per heavy atom. The first kappa shape index (κ1) is 16.5. The van der Waals surface area contributed by atoms with E-state index in [0.717, 1.165) is 18.4 Å². The molecule has 22 heavy (non-hydrogen) atoms. The van der Waals surface area contributed by atoms with Crippen molar-refractivity contribution in [3.05, 3.63) is 23.8 Å². The van der Waals surface area contributed by atoms with Gasteiger partial charge in [0.15, 0.2) is 0 Å². The lowest BCUT2D eigenvalue weighted by Crippen LogP contribution is -2.30. The van der Waals surface area contributed by atoms with E-state index in [0.29, 0.717) is 24.5 Å². The average Bonchev–Trinajstić information content (AvgIpc) is 3.32. The minimum absolute atomic E-state index is 0.0577. The van der Waals surface area contributed by atoms with E-state index in [4.69, 9.17) is 4.74 Å². The van der Waals surface area contributed by atoms with Gasteiger partial charge in [0.1, 0.15) is 0 Å². The van der Waals surface area contributed by atoms with E-state index in [1.54, 1.807) is 13.2 Å². The molecular formula is C16H23N3O3. The lowest BCUT2D eigenvalue weighted by atomic mass is 10.1. The van der Waals surface area contributed by atoms with Crippen LogP contribution >= 0.6 is 0 Å². The summed E-state index contributed by atoms with van der Waals surface area (Å²) >= 11 is 0. The molecule has 0 spiro atoms. The summed E-state index contributed by atoms with van der Waals surface area (Å²) in [5, 5.41) is 8.72. The van der Waals surface area contributed by atoms with Gasteiger partial charge in [-0.25, -0.2) is 0 Å². The lowest BCUT2D eigenvalue weighted by Gasteiger charge is -2.12. The molecule has 1 saturated carbocycles. The molecule has 2 amide bonds. The van der Waals surface area contributed by atoms with E-state index in [9.17, 15) is 9.59 Å². The quantitative estimate of drug-likeness (QED) is 0.636. The fourth-order valence-electron chi connectivity index (χ4n) is 1.99. The van der Waals surface area contributed by atoms with E-state index < -0.39 is 0 Å². The lowest BCUT2D eigenvalue weighted by molar-refractivity contribution is -0.117. The van der Waals surface area contributed by atoms with Crippen molar-refractivity contribution in [1.82, 2.24) is 5.32 Å². The van der Waals surface area contributed by atoms with E-state index in [2.05, 4.69) is 16.0 Å². The molecule has 0 saturated heterocycles. The Morgan fingerprint density at radius 2 is 2.05 bits per heavy atom. The van der Waals surface area contributed by atoms with Crippen molar-refractivity contribution in [2.75, 3.05) is 37.4 Å². The van der Waals surface area contributed by atoms with Gasteiger partial charge in [-0.15, -0.1) is 0 Å². The molecule has 0 radical (unpaired) electrons. The third-order valence-electron chi connectivity index (χ3n) is 3.50. The Labute approximate surface area is 130 Å². The van der Waals surface area contributed by atoms with E-state index in [1.807, 2.05) is 19.1 Å². The minimum atomic E-state index is -0.120. The van der Waals surface area contributed by atoms with Crippen LogP contribution in [0.4, 0.5) is 11.4 Å². The Morgan fingerprint density at radius 3 is 2.73 bits per heavy atom. The van der Waals surface area contributed by atoms with Crippen LogP contribution < -0.4 is 16.0 Å². The van der Waals surface area contributed by atoms with Crippen LogP contribution in [0.1, 0.15) is 18.4 Å². The number of hydrogen-bond acceptors (Lipinski definition) is 4. The zero-order valence-electron chi connectivity index (χ0n) is 13.1. The van der Waals surface area contributed by atoms with E-state index >= 15 is 0 Å². The van der Waals surface area contributed by atoms with E-state index in [-0.39, 0.29) is 24.3 Å². The van der Waals surface area contributed by atoms with Crippen molar-refractivity contribution >= 4 is 23.2 Å². The van der Waals surface area contributed by atoms with Crippen LogP contribution in [0.15, 0.2) is 18.2 Å². The number of aryl methyl sites for hydroxylation is 1. The third kappa shape index (κ3) is 5.13. The molecule has 0 aromatic heterocycles. The van der Waals surface area contributed by atoms with Gasteiger partial charge in [0, 0.05) is 30.9 Å². The highest BCUT2D eigenvalue weighted by Crippen LogP contribution is 2.30. The van der Waals surface area contributed by atoms with Gasteiger partial charge in [0.2, 0.25) is 11.8 Å². The summed E-state index contributed by atoms with van der Waals surface area (Å²) in [7, 11) is 1.62. The minimum Gasteiger partial charge on any atom is -0.383 e. The molecule has 0 atom stereocenters. The van der Waals surface area contributed by atoms with Crippen LogP contribution in [0, 0.1) is 12.8 Å². The van der Waals surface area contributed by atoms with Crippen LogP contribution in [0.3, 0.4) is 0 Å². The van der Waals surface area contributed by atoms with Crippen LogP contribution in [-0.2, 0) is 14.3 Å². The second-order valence-electron chi connectivity index (χ2n) is 5.51. The highest BCUT2D eigenvalue weighted by molar-refractivity contribution is 5.96. The summed E-state index contributed by atoms with van der Waals surface area (Å²) in [6.07, 6.45) is 1.93. The number of anilines is 2. The molecule has 1 aliphatic carbocycles. The molecule has 1 aromatic carbocycles. The van der Waals surface area contributed by atoms with Gasteiger partial charge in [-0.3, -0.25) is 9.59 Å². The molecule has 6 heteroatoms. The molecule has 1 aliphatic rings. The molecule has 1 aromatic rings. The smallest absolute Gasteiger partial charge is 0.238 e. The molecule has 1 fully saturated rings. The Hall–Kier alpha value is -1.92. The fraction of sp³-hybridized carbons (Fsp3) is 0.500. The zero-order chi connectivity index (χ0) is 15.9. The third-order valence-corrected chi connectivity index (χ3v) is 3.50. The SMILES string of the molecule is COCCNCC(=O)Nc1cc(NC(=O)C2CC2)ccc1C. The van der Waals surface area contributed by atoms with Crippen LogP contribution in [0.2, 0.25) is 0 Å². The summed E-state index contributed by atoms with van der Waals surface area (Å²) in [6.45, 7) is 3.33. The number of methoxy groups -OCH3 is 1. The highest BCUT2D eigenvalue weighted by Gasteiger charge is 2.29. The van der Waals surface area contributed by atoms with Gasteiger partial charge in [0.05, 0.1) is 13.2 Å². The first-order valence-corrected chi connectivity index (χ1v) is 7.51. The van der Waals surface area contributed by atoms with E-state index in [1.165, 1.54) is 0 Å². The molecule has 0 heterocycles. The van der Waals surface area contributed by atoms with Gasteiger partial charge in [-0.1, -0.05) is 6.07 Å². The maximum atomic E-state index is 11.9. The summed E-state index contributed by atoms with van der Waals surface area (Å²) in [5.41, 5.74) is 2.38. The van der Waals surface area contributed by atoms with Crippen molar-refractivity contribution in [2.45, 2.75) is 19.8 Å². The summed E-state index contributed by atoms with van der Waals surface area (Å²) in [6, 6.07) is 5.53. The topological polar surface area (TPSA) is 79.5 Å². The standard InChI is InChI=1S/C16H23N3O3/c1-11-3-6-13(18-16(21)12-4-5-12)9-14(11)19-15(20)10-17-7-8-22-2/h3,6,9,12,17H,4-5,7-8,10H2,1-2H3,(H,18,21)(H,19,20). The van der Waals surface area contributed by atoms with Crippen molar-refractivity contribution < 1.29 is 14.3 Å². The maximum absolute atomic E-state index is 11.9. The number of carbonyl (C=O) groups excluding carboxylic acids is 2. The number of amides is 2. The summed E-state index contributed by atoms with van der Waals surface area (Å²) in [4.78, 5) is 23.7. The molecule has 120 valence electrons. The monoisotopic (exact) mass is 305 g/mol. The molecule has 0 aliphatic heterocycles. The molecular weight excluding hydrogens is 282 g/mol. The van der Waals surface area contributed by atoms with Gasteiger partial charge < -0.3 is 20.7 Å². The summed E-state index contributed by atoms with van der Waals surface area (Å²) in [5.74, 6) is 0.0940. The number of benzene rings is 1. The van der Waals surface area contributed by atoms with Crippen LogP contribution in [0.5, 0.6) is 0 Å². The molecule has 0 bridgehead atoms. The zero-order valence-corrected chi connectivity index (χ0v) is 13.1. The average molecular weight is 305 g/mol. The number of nitrogens with one attached hydrogen (secondary N) is 3. The Kier molecular flexibility index (Phi) is 5.91. The predicted molar refractivity (Wildman–Crippen MR) is 85.9 cm³/mol. The van der Waals surface area contributed by atoms with Gasteiger partial charge >= 0.3 is 0 Å².